The highest BCUT2D eigenvalue weighted by Gasteiger charge is 2.41. The molecular weight excluding hydrogens is 452 g/mol. The van der Waals surface area contributed by atoms with Crippen LogP contribution >= 0.6 is 0 Å². The average molecular weight is 485 g/mol. The number of aliphatic hydroxyl groups is 1. The minimum atomic E-state index is -3.18. The molecule has 5 rings (SSSR count). The van der Waals surface area contributed by atoms with Gasteiger partial charge in [0, 0.05) is 37.1 Å². The van der Waals surface area contributed by atoms with Crippen LogP contribution in [0.5, 0.6) is 0 Å². The topological polar surface area (TPSA) is 87.2 Å². The summed E-state index contributed by atoms with van der Waals surface area (Å²) in [4.78, 5) is 16.9. The lowest BCUT2D eigenvalue weighted by molar-refractivity contribution is 0.0534. The van der Waals surface area contributed by atoms with Gasteiger partial charge >= 0.3 is 5.97 Å². The molecule has 0 amide bonds. The molecule has 0 aromatic heterocycles. The number of β-amino-alcohol motifs (C(OH)–C–C–N with tert-alkyl or cyclic N) is 1. The Kier molecular flexibility index (Phi) is 5.94. The van der Waals surface area contributed by atoms with Crippen LogP contribution in [0.25, 0.3) is 0 Å². The van der Waals surface area contributed by atoms with Gasteiger partial charge in [-0.2, -0.15) is 0 Å². The summed E-state index contributed by atoms with van der Waals surface area (Å²) in [5, 5.41) is 11.0. The largest absolute Gasteiger partial charge is 0.457 e. The van der Waals surface area contributed by atoms with Gasteiger partial charge < -0.3 is 19.6 Å². The molecule has 34 heavy (non-hydrogen) atoms. The first-order valence-electron chi connectivity index (χ1n) is 11.9. The van der Waals surface area contributed by atoms with Gasteiger partial charge in [0.15, 0.2) is 9.84 Å². The van der Waals surface area contributed by atoms with Gasteiger partial charge in [0.05, 0.1) is 16.6 Å². The number of hydrogen-bond acceptors (Lipinski definition) is 7. The van der Waals surface area contributed by atoms with Crippen molar-refractivity contribution in [3.8, 4) is 0 Å². The summed E-state index contributed by atoms with van der Waals surface area (Å²) in [5.74, 6) is -0.280. The molecule has 2 aromatic carbocycles. The van der Waals surface area contributed by atoms with Crippen molar-refractivity contribution < 1.29 is 23.1 Å². The lowest BCUT2D eigenvalue weighted by Gasteiger charge is -2.40. The lowest BCUT2D eigenvalue weighted by Crippen LogP contribution is -2.43. The zero-order valence-electron chi connectivity index (χ0n) is 19.8. The van der Waals surface area contributed by atoms with Crippen LogP contribution in [0.3, 0.4) is 0 Å². The quantitative estimate of drug-likeness (QED) is 0.653. The van der Waals surface area contributed by atoms with Crippen LogP contribution in [0.4, 0.5) is 5.69 Å². The SMILES string of the molecule is Cc1c([C@@H](O)CN2CCC3(CC2)CCN(c2ccc(S(C)(=O)=O)cc2)C3)ccc2c1COC2=O. The molecule has 0 aliphatic carbocycles. The van der Waals surface area contributed by atoms with E-state index in [2.05, 4.69) is 9.80 Å². The number of piperidine rings is 1. The fourth-order valence-electron chi connectivity index (χ4n) is 5.75. The molecule has 2 aromatic rings. The van der Waals surface area contributed by atoms with E-state index in [4.69, 9.17) is 4.74 Å². The number of rotatable bonds is 5. The summed E-state index contributed by atoms with van der Waals surface area (Å²) in [6.07, 6.45) is 3.95. The number of benzene rings is 2. The number of carbonyl (C=O) groups is 1. The first-order valence-corrected chi connectivity index (χ1v) is 13.8. The van der Waals surface area contributed by atoms with Gasteiger partial charge in [-0.05, 0) is 86.1 Å². The second kappa shape index (κ2) is 8.66. The number of fused-ring (bicyclic) bond motifs is 1. The Morgan fingerprint density at radius 1 is 1.06 bits per heavy atom. The first kappa shape index (κ1) is 23.3. The predicted molar refractivity (Wildman–Crippen MR) is 130 cm³/mol. The van der Waals surface area contributed by atoms with Crippen LogP contribution in [0, 0.1) is 12.3 Å². The number of cyclic esters (lactones) is 1. The maximum atomic E-state index is 11.8. The van der Waals surface area contributed by atoms with E-state index in [-0.39, 0.29) is 11.4 Å². The molecular formula is C26H32N2O5S. The molecule has 3 heterocycles. The highest BCUT2D eigenvalue weighted by Crippen LogP contribution is 2.42. The van der Waals surface area contributed by atoms with E-state index in [9.17, 15) is 18.3 Å². The van der Waals surface area contributed by atoms with Gasteiger partial charge in [0.2, 0.25) is 0 Å². The van der Waals surface area contributed by atoms with E-state index in [0.29, 0.717) is 23.6 Å². The summed E-state index contributed by atoms with van der Waals surface area (Å²) in [5.41, 5.74) is 4.70. The minimum absolute atomic E-state index is 0.276. The highest BCUT2D eigenvalue weighted by atomic mass is 32.2. The van der Waals surface area contributed by atoms with Crippen molar-refractivity contribution in [3.63, 3.8) is 0 Å². The molecule has 0 bridgehead atoms. The molecule has 2 fully saturated rings. The van der Waals surface area contributed by atoms with E-state index >= 15 is 0 Å². The van der Waals surface area contributed by atoms with E-state index < -0.39 is 15.9 Å². The van der Waals surface area contributed by atoms with Crippen LogP contribution < -0.4 is 4.90 Å². The van der Waals surface area contributed by atoms with E-state index in [0.717, 1.165) is 67.8 Å². The lowest BCUT2D eigenvalue weighted by atomic mass is 9.77. The van der Waals surface area contributed by atoms with E-state index in [1.54, 1.807) is 18.2 Å². The second-order valence-corrected chi connectivity index (χ2v) is 12.2. The molecule has 1 N–H and O–H groups in total. The van der Waals surface area contributed by atoms with Gasteiger partial charge in [0.25, 0.3) is 0 Å². The third kappa shape index (κ3) is 4.34. The van der Waals surface area contributed by atoms with Crippen molar-refractivity contribution in [3.05, 3.63) is 58.7 Å². The Hall–Kier alpha value is -2.42. The van der Waals surface area contributed by atoms with Crippen LogP contribution in [-0.2, 0) is 21.2 Å². The summed E-state index contributed by atoms with van der Waals surface area (Å²) in [6, 6.07) is 10.9. The zero-order chi connectivity index (χ0) is 24.1. The number of carbonyl (C=O) groups excluding carboxylic acids is 1. The fourth-order valence-corrected chi connectivity index (χ4v) is 6.38. The monoisotopic (exact) mass is 484 g/mol. The fraction of sp³-hybridized carbons (Fsp3) is 0.500. The molecule has 3 aliphatic rings. The Bertz CT molecular complexity index is 1200. The molecule has 0 radical (unpaired) electrons. The van der Waals surface area contributed by atoms with Crippen molar-refractivity contribution in [2.24, 2.45) is 5.41 Å². The Morgan fingerprint density at radius 3 is 2.41 bits per heavy atom. The van der Waals surface area contributed by atoms with Crippen LogP contribution in [-0.4, -0.2) is 63.4 Å². The third-order valence-electron chi connectivity index (χ3n) is 7.98. The van der Waals surface area contributed by atoms with Crippen molar-refractivity contribution in [1.29, 1.82) is 0 Å². The number of sulfone groups is 1. The van der Waals surface area contributed by atoms with Gasteiger partial charge in [-0.25, -0.2) is 13.2 Å². The average Bonchev–Trinajstić information content (AvgIpc) is 3.40. The van der Waals surface area contributed by atoms with Crippen molar-refractivity contribution in [2.75, 3.05) is 43.9 Å². The summed E-state index contributed by atoms with van der Waals surface area (Å²) < 4.78 is 28.6. The Labute approximate surface area is 201 Å². The maximum Gasteiger partial charge on any atom is 0.338 e. The van der Waals surface area contributed by atoms with Gasteiger partial charge in [-0.1, -0.05) is 6.07 Å². The second-order valence-electron chi connectivity index (χ2n) is 10.1. The summed E-state index contributed by atoms with van der Waals surface area (Å²) in [7, 11) is -3.18. The molecule has 182 valence electrons. The summed E-state index contributed by atoms with van der Waals surface area (Å²) >= 11 is 0. The Balaban J connectivity index is 1.18. The first-order chi connectivity index (χ1) is 16.2. The zero-order valence-corrected chi connectivity index (χ0v) is 20.6. The third-order valence-corrected chi connectivity index (χ3v) is 9.11. The van der Waals surface area contributed by atoms with Gasteiger partial charge in [-0.15, -0.1) is 0 Å². The number of nitrogens with zero attached hydrogens (tertiary/aromatic N) is 2. The van der Waals surface area contributed by atoms with Gasteiger partial charge in [0.1, 0.15) is 6.61 Å². The molecule has 0 saturated carbocycles. The molecule has 2 saturated heterocycles. The van der Waals surface area contributed by atoms with Crippen LogP contribution in [0.15, 0.2) is 41.3 Å². The van der Waals surface area contributed by atoms with Crippen molar-refractivity contribution in [1.82, 2.24) is 4.90 Å². The molecule has 1 spiro atoms. The van der Waals surface area contributed by atoms with E-state index in [1.165, 1.54) is 6.26 Å². The maximum absolute atomic E-state index is 11.8. The number of likely N-dealkylation sites (tertiary alicyclic amines) is 1. The van der Waals surface area contributed by atoms with E-state index in [1.807, 2.05) is 25.1 Å². The molecule has 0 unspecified atom stereocenters. The predicted octanol–water partition coefficient (Wildman–Crippen LogP) is 3.09. The standard InChI is InChI=1S/C26H32N2O5S/c1-18-21(7-8-22-23(18)16-33-25(22)30)24(29)15-27-12-9-26(10-13-27)11-14-28(17-26)19-3-5-20(6-4-19)34(2,31)32/h3-8,24,29H,9-17H2,1-2H3/t24-/m0/s1. The molecule has 3 aliphatic heterocycles. The summed E-state index contributed by atoms with van der Waals surface area (Å²) in [6.45, 7) is 6.70. The van der Waals surface area contributed by atoms with Gasteiger partial charge in [-0.3, -0.25) is 0 Å². The normalized spacial score (nSPS) is 21.0. The number of hydrogen-bond donors (Lipinski definition) is 1. The van der Waals surface area contributed by atoms with Crippen LogP contribution in [0.1, 0.15) is 52.4 Å². The smallest absolute Gasteiger partial charge is 0.338 e. The highest BCUT2D eigenvalue weighted by molar-refractivity contribution is 7.90. The molecule has 8 heteroatoms. The minimum Gasteiger partial charge on any atom is -0.457 e. The number of ether oxygens (including phenoxy) is 1. The van der Waals surface area contributed by atoms with Crippen molar-refractivity contribution >= 4 is 21.5 Å². The number of esters is 1. The Morgan fingerprint density at radius 2 is 1.74 bits per heavy atom. The number of aliphatic hydroxyl groups excluding tert-OH is 1. The molecule has 7 nitrogen and oxygen atoms in total. The molecule has 1 atom stereocenters. The number of anilines is 1. The van der Waals surface area contributed by atoms with Crippen molar-refractivity contribution in [2.45, 2.75) is 43.8 Å². The van der Waals surface area contributed by atoms with Crippen LogP contribution in [0.2, 0.25) is 0 Å².